The van der Waals surface area contributed by atoms with Gasteiger partial charge in [-0.3, -0.25) is 0 Å². The largest absolute Gasteiger partial charge is 0.508 e. The molecule has 0 spiro atoms. The van der Waals surface area contributed by atoms with E-state index in [2.05, 4.69) is 0 Å². The van der Waals surface area contributed by atoms with E-state index < -0.39 is 12.3 Å². The molecule has 1 aliphatic rings. The highest BCUT2D eigenvalue weighted by Gasteiger charge is 2.28. The number of benzene rings is 1. The predicted octanol–water partition coefficient (Wildman–Crippen LogP) is 0.993. The van der Waals surface area contributed by atoms with E-state index in [0.29, 0.717) is 0 Å². The maximum atomic E-state index is 11.3. The van der Waals surface area contributed by atoms with Gasteiger partial charge in [0.05, 0.1) is 0 Å². The van der Waals surface area contributed by atoms with Gasteiger partial charge >= 0.3 is 5.97 Å². The molecule has 0 bridgehead atoms. The molecule has 0 fully saturated rings. The Labute approximate surface area is 79.5 Å². The summed E-state index contributed by atoms with van der Waals surface area (Å²) in [5.41, 5.74) is -0.0547. The van der Waals surface area contributed by atoms with Crippen LogP contribution >= 0.6 is 0 Å². The van der Waals surface area contributed by atoms with E-state index in [-0.39, 0.29) is 22.8 Å². The minimum atomic E-state index is -0.712. The molecule has 0 aromatic heterocycles. The van der Waals surface area contributed by atoms with Crippen molar-refractivity contribution in [2.24, 2.45) is 0 Å². The van der Waals surface area contributed by atoms with Gasteiger partial charge in [0.1, 0.15) is 22.8 Å². The average molecular weight is 196 g/mol. The van der Waals surface area contributed by atoms with Gasteiger partial charge in [0, 0.05) is 19.1 Å². The van der Waals surface area contributed by atoms with Crippen molar-refractivity contribution in [1.29, 1.82) is 0 Å². The summed E-state index contributed by atoms with van der Waals surface area (Å²) in [5.74, 6) is -1.04. The number of phenols is 2. The van der Waals surface area contributed by atoms with Gasteiger partial charge in [-0.15, -0.1) is 0 Å². The number of rotatable bonds is 0. The predicted molar refractivity (Wildman–Crippen MR) is 45.3 cm³/mol. The summed E-state index contributed by atoms with van der Waals surface area (Å²) >= 11 is 0. The molecule has 1 aromatic carbocycles. The number of cyclic esters (lactones) is 1. The Morgan fingerprint density at radius 1 is 1.29 bits per heavy atom. The summed E-state index contributed by atoms with van der Waals surface area (Å²) in [6.45, 7) is 1.54. The number of esters is 1. The third-order valence-electron chi connectivity index (χ3n) is 1.84. The number of aromatic hydroxyl groups is 2. The molecule has 5 nitrogen and oxygen atoms in total. The van der Waals surface area contributed by atoms with Crippen molar-refractivity contribution < 1.29 is 24.5 Å². The summed E-state index contributed by atoms with van der Waals surface area (Å²) < 4.78 is 9.83. The molecule has 0 saturated carbocycles. The number of hydrogen-bond acceptors (Lipinski definition) is 5. The molecule has 14 heavy (non-hydrogen) atoms. The first kappa shape index (κ1) is 8.68. The second-order valence-corrected chi connectivity index (χ2v) is 2.93. The van der Waals surface area contributed by atoms with E-state index >= 15 is 0 Å². The van der Waals surface area contributed by atoms with Crippen LogP contribution in [0, 0.1) is 0 Å². The number of hydrogen-bond donors (Lipinski definition) is 2. The number of fused-ring (bicyclic) bond motifs is 1. The zero-order valence-electron chi connectivity index (χ0n) is 7.35. The summed E-state index contributed by atoms with van der Waals surface area (Å²) in [7, 11) is 0. The number of carbonyl (C=O) groups is 1. The Kier molecular flexibility index (Phi) is 1.73. The van der Waals surface area contributed by atoms with Crippen molar-refractivity contribution in [3.63, 3.8) is 0 Å². The Balaban J connectivity index is 2.59. The Morgan fingerprint density at radius 3 is 2.71 bits per heavy atom. The van der Waals surface area contributed by atoms with Crippen molar-refractivity contribution in [3.05, 3.63) is 17.7 Å². The lowest BCUT2D eigenvalue weighted by Gasteiger charge is -2.23. The second kappa shape index (κ2) is 2.80. The number of phenolic OH excluding ortho intramolecular Hbond substituents is 2. The maximum absolute atomic E-state index is 11.3. The lowest BCUT2D eigenvalue weighted by molar-refractivity contribution is -0.0493. The monoisotopic (exact) mass is 196 g/mol. The van der Waals surface area contributed by atoms with Gasteiger partial charge in [0.2, 0.25) is 6.29 Å². The summed E-state index contributed by atoms with van der Waals surface area (Å²) in [6.07, 6.45) is -0.712. The van der Waals surface area contributed by atoms with Gasteiger partial charge in [-0.25, -0.2) is 4.79 Å². The van der Waals surface area contributed by atoms with Crippen molar-refractivity contribution >= 4 is 5.97 Å². The van der Waals surface area contributed by atoms with Crippen LogP contribution in [0.25, 0.3) is 0 Å². The molecule has 1 unspecified atom stereocenters. The molecule has 0 radical (unpaired) electrons. The lowest BCUT2D eigenvalue weighted by Crippen LogP contribution is -2.27. The first-order valence-electron chi connectivity index (χ1n) is 4.01. The maximum Gasteiger partial charge on any atom is 0.348 e. The van der Waals surface area contributed by atoms with Crippen LogP contribution in [0.5, 0.6) is 17.2 Å². The van der Waals surface area contributed by atoms with Gasteiger partial charge in [0.15, 0.2) is 0 Å². The SMILES string of the molecule is CC1OC(=O)c2c(O)cc(O)cc2O1. The summed E-state index contributed by atoms with van der Waals surface area (Å²) in [5, 5.41) is 18.5. The molecule has 74 valence electrons. The van der Waals surface area contributed by atoms with Gasteiger partial charge in [-0.05, 0) is 0 Å². The molecule has 1 aliphatic heterocycles. The zero-order chi connectivity index (χ0) is 10.3. The molecular formula is C9H8O5. The lowest BCUT2D eigenvalue weighted by atomic mass is 10.1. The molecule has 0 aliphatic carbocycles. The number of carbonyl (C=O) groups excluding carboxylic acids is 1. The third kappa shape index (κ3) is 1.22. The molecule has 1 atom stereocenters. The smallest absolute Gasteiger partial charge is 0.348 e. The van der Waals surface area contributed by atoms with E-state index in [1.54, 1.807) is 6.92 Å². The molecule has 5 heteroatoms. The fraction of sp³-hybridized carbons (Fsp3) is 0.222. The molecule has 2 rings (SSSR count). The summed E-state index contributed by atoms with van der Waals surface area (Å²) in [4.78, 5) is 11.3. The van der Waals surface area contributed by atoms with Gasteiger partial charge in [-0.2, -0.15) is 0 Å². The molecule has 0 amide bonds. The van der Waals surface area contributed by atoms with Crippen LogP contribution in [-0.4, -0.2) is 22.5 Å². The topological polar surface area (TPSA) is 76.0 Å². The fourth-order valence-corrected chi connectivity index (χ4v) is 1.30. The third-order valence-corrected chi connectivity index (χ3v) is 1.84. The van der Waals surface area contributed by atoms with E-state index in [0.717, 1.165) is 6.07 Å². The molecule has 0 saturated heterocycles. The highest BCUT2D eigenvalue weighted by Crippen LogP contribution is 2.36. The van der Waals surface area contributed by atoms with Crippen LogP contribution in [0.15, 0.2) is 12.1 Å². The first-order chi connectivity index (χ1) is 6.58. The van der Waals surface area contributed by atoms with Crippen LogP contribution in [0.4, 0.5) is 0 Å². The molecule has 1 heterocycles. The Hall–Kier alpha value is -1.91. The van der Waals surface area contributed by atoms with Crippen LogP contribution in [0.3, 0.4) is 0 Å². The van der Waals surface area contributed by atoms with Gasteiger partial charge in [-0.1, -0.05) is 0 Å². The van der Waals surface area contributed by atoms with Crippen LogP contribution < -0.4 is 4.74 Å². The average Bonchev–Trinajstić information content (AvgIpc) is 1.99. The highest BCUT2D eigenvalue weighted by atomic mass is 16.7. The van der Waals surface area contributed by atoms with Crippen molar-refractivity contribution in [3.8, 4) is 17.2 Å². The fourth-order valence-electron chi connectivity index (χ4n) is 1.30. The van der Waals surface area contributed by atoms with Crippen LogP contribution in [0.1, 0.15) is 17.3 Å². The van der Waals surface area contributed by atoms with E-state index in [1.165, 1.54) is 6.07 Å². The standard InChI is InChI=1S/C9H8O5/c1-4-13-7-3-5(10)2-6(11)8(7)9(12)14-4/h2-4,10-11H,1H3. The van der Waals surface area contributed by atoms with Crippen LogP contribution in [0.2, 0.25) is 0 Å². The summed E-state index contributed by atoms with van der Waals surface area (Å²) in [6, 6.07) is 2.31. The Bertz CT molecular complexity index is 398. The molecule has 2 N–H and O–H groups in total. The number of ether oxygens (including phenoxy) is 2. The Morgan fingerprint density at radius 2 is 2.00 bits per heavy atom. The van der Waals surface area contributed by atoms with Crippen molar-refractivity contribution in [2.75, 3.05) is 0 Å². The quantitative estimate of drug-likeness (QED) is 0.605. The van der Waals surface area contributed by atoms with Crippen LogP contribution in [-0.2, 0) is 4.74 Å². The normalized spacial score (nSPS) is 19.5. The van der Waals surface area contributed by atoms with Gasteiger partial charge in [0.25, 0.3) is 0 Å². The minimum absolute atomic E-state index is 0.0547. The minimum Gasteiger partial charge on any atom is -0.508 e. The highest BCUT2D eigenvalue weighted by molar-refractivity contribution is 5.96. The van der Waals surface area contributed by atoms with Crippen molar-refractivity contribution in [2.45, 2.75) is 13.2 Å². The molecule has 1 aromatic rings. The van der Waals surface area contributed by atoms with E-state index in [9.17, 15) is 9.90 Å². The zero-order valence-corrected chi connectivity index (χ0v) is 7.35. The second-order valence-electron chi connectivity index (χ2n) is 2.93. The van der Waals surface area contributed by atoms with Gasteiger partial charge < -0.3 is 19.7 Å². The van der Waals surface area contributed by atoms with E-state index in [1.807, 2.05) is 0 Å². The molecular weight excluding hydrogens is 188 g/mol. The van der Waals surface area contributed by atoms with Crippen molar-refractivity contribution in [1.82, 2.24) is 0 Å². The van der Waals surface area contributed by atoms with E-state index in [4.69, 9.17) is 14.6 Å². The first-order valence-corrected chi connectivity index (χ1v) is 4.01.